The van der Waals surface area contributed by atoms with Gasteiger partial charge in [0.1, 0.15) is 109 Å². The Kier molecular flexibility index (Phi) is 35.8. The molecule has 0 amide bonds. The van der Waals surface area contributed by atoms with E-state index in [0.717, 1.165) is 157 Å². The molecule has 4 aliphatic rings. The molecule has 12 aromatic heterocycles. The molecule has 754 valence electrons. The maximum Gasteiger partial charge on any atom is 0.307 e. The van der Waals surface area contributed by atoms with Gasteiger partial charge in [-0.15, -0.1) is 57.8 Å². The topological polar surface area (TPSA) is 464 Å². The van der Waals surface area contributed by atoms with Gasteiger partial charge in [-0.1, -0.05) is 49.9 Å². The van der Waals surface area contributed by atoms with Gasteiger partial charge in [0.25, 0.3) is 0 Å². The van der Waals surface area contributed by atoms with Gasteiger partial charge in [0.15, 0.2) is 29.1 Å². The van der Waals surface area contributed by atoms with E-state index in [1.54, 1.807) is 120 Å². The summed E-state index contributed by atoms with van der Waals surface area (Å²) in [6.07, 6.45) is 16.0. The summed E-state index contributed by atoms with van der Waals surface area (Å²) in [5.41, 5.74) is 17.3. The van der Waals surface area contributed by atoms with Crippen LogP contribution in [-0.2, 0) is 101 Å². The van der Waals surface area contributed by atoms with Crippen LogP contribution in [0.3, 0.4) is 0 Å². The fourth-order valence-corrected chi connectivity index (χ4v) is 20.0. The number of aliphatic hydroxyl groups is 3. The number of thiazole rings is 4. The lowest BCUT2D eigenvalue weighted by molar-refractivity contribution is -0.156. The Balaban J connectivity index is 0.000000142. The number of Topliss-reactive ketones (excluding diaryl/α,β-unsaturated/α-hetero) is 4. The van der Waals surface area contributed by atoms with Gasteiger partial charge in [0.05, 0.1) is 70.0 Å². The zero-order valence-corrected chi connectivity index (χ0v) is 85.7. The van der Waals surface area contributed by atoms with Gasteiger partial charge >= 0.3 is 11.9 Å². The highest BCUT2D eigenvalue weighted by molar-refractivity contribution is 7.16. The van der Waals surface area contributed by atoms with Crippen molar-refractivity contribution in [2.45, 2.75) is 171 Å². The second kappa shape index (κ2) is 48.0. The van der Waals surface area contributed by atoms with E-state index in [1.807, 2.05) is 112 Å². The number of carbonyl (C=O) groups is 6. The summed E-state index contributed by atoms with van der Waals surface area (Å²) in [6, 6.07) is 28.5. The number of esters is 1. The number of ketones is 4. The van der Waals surface area contributed by atoms with Crippen molar-refractivity contribution in [2.24, 2.45) is 51.7 Å². The number of aryl methyl sites for hydroxylation is 14. The van der Waals surface area contributed by atoms with Crippen LogP contribution in [0, 0.1) is 69.8 Å². The molecule has 4 atom stereocenters. The van der Waals surface area contributed by atoms with Crippen molar-refractivity contribution in [1.82, 2.24) is 118 Å². The zero-order valence-electron chi connectivity index (χ0n) is 81.7. The van der Waals surface area contributed by atoms with Crippen molar-refractivity contribution in [2.75, 3.05) is 19.8 Å². The van der Waals surface area contributed by atoms with E-state index < -0.39 is 37.3 Å². The van der Waals surface area contributed by atoms with Gasteiger partial charge < -0.3 is 30.9 Å². The van der Waals surface area contributed by atoms with E-state index in [0.29, 0.717) is 106 Å². The highest BCUT2D eigenvalue weighted by Gasteiger charge is 2.33. The van der Waals surface area contributed by atoms with E-state index in [4.69, 9.17) is 35.9 Å². The molecule has 44 heteroatoms. The van der Waals surface area contributed by atoms with E-state index in [2.05, 4.69) is 89.2 Å². The summed E-state index contributed by atoms with van der Waals surface area (Å²) in [5, 5.41) is 75.5. The van der Waals surface area contributed by atoms with Crippen molar-refractivity contribution >= 4 is 98.9 Å². The minimum atomic E-state index is -0.794. The third-order valence-electron chi connectivity index (χ3n) is 23.8. The molecule has 16 heterocycles. The first kappa shape index (κ1) is 107. The molecule has 4 aliphatic heterocycles. The monoisotopic (exact) mass is 2060 g/mol. The Bertz CT molecular complexity index is 7200. The Morgan fingerprint density at radius 3 is 1.22 bits per heavy atom. The van der Waals surface area contributed by atoms with E-state index in [-0.39, 0.29) is 76.8 Å². The standard InChI is InChI=1S/C22H22N6OS.C18H22FN3O2.C13H12FN3O2.C12H13FN4.C12H15N3O2S.C12H13N3O2S.C11H13N3O2S.ClH/c1-14-13-30-22(24-14)17-12-23-27(2)20(17)18(29)10-15-8-9-28-19(11-15)25-21(26-28)16-6-4-3-5-7-16;1-18(2,3)24-16(23)11-12-8-9-22-15(10-12)20-17(21-22)13-4-6-14(19)7-5-13;14-10-3-1-8(2-4-10)12-15-11-7-9(13(18)19)5-6-17(11)16-12;13-9-3-1-8(2-4-9)12-15-11-7-10(14)5-6-17(11)16-12;2*1-4-10-7(2)14-12(18-10)8-5-13-15(3)11(8)9(17)6-16;1-6-7(2)17-11(13-6)8-4-12-14(3)10(8)9(16)5-15;/h3-7,12-13,15H,8-11H2,1-2H3;4-7,12H,8-11H2,1-3H3;1-4,9H,5-7H2,(H,18,19);1-4,10H,5-7,14H2;5,16H,4,6H2,1-3H3;4-5,16H,1,6H2,2-3H3;4,15H,5H2,1-3H3;1H. The average molecular weight is 2060 g/mol. The highest BCUT2D eigenvalue weighted by Crippen LogP contribution is 2.37. The number of benzene rings is 4. The first-order valence-electron chi connectivity index (χ1n) is 46.2. The second-order valence-corrected chi connectivity index (χ2v) is 39.7. The number of carboxylic acid groups (broad SMARTS) is 1. The molecule has 36 nitrogen and oxygen atoms in total. The van der Waals surface area contributed by atoms with Crippen LogP contribution in [0.2, 0.25) is 0 Å². The largest absolute Gasteiger partial charge is 0.481 e. The van der Waals surface area contributed by atoms with Gasteiger partial charge in [0, 0.05) is 147 Å². The number of rotatable bonds is 22. The molecule has 20 rings (SSSR count). The number of halogens is 4. The molecule has 0 fully saturated rings. The fourth-order valence-electron chi connectivity index (χ4n) is 16.4. The Hall–Kier alpha value is -13.9. The number of hydrogen-bond donors (Lipinski definition) is 5. The summed E-state index contributed by atoms with van der Waals surface area (Å²) in [4.78, 5) is 110. The lowest BCUT2D eigenvalue weighted by atomic mass is 9.91. The van der Waals surface area contributed by atoms with Crippen molar-refractivity contribution in [3.8, 4) is 87.8 Å². The maximum absolute atomic E-state index is 13.2. The van der Waals surface area contributed by atoms with Crippen LogP contribution >= 0.6 is 57.8 Å². The lowest BCUT2D eigenvalue weighted by Crippen LogP contribution is -2.31. The number of hydrogen-bond acceptors (Lipinski definition) is 31. The smallest absolute Gasteiger partial charge is 0.307 e. The Labute approximate surface area is 849 Å². The Morgan fingerprint density at radius 2 is 0.840 bits per heavy atom. The average Bonchev–Trinajstić information content (AvgIpc) is 1.68. The second-order valence-electron chi connectivity index (χ2n) is 35.5. The fraction of sp³-hybridized carbons (Fsp3) is 0.360. The lowest BCUT2D eigenvalue weighted by Gasteiger charge is -2.24. The van der Waals surface area contributed by atoms with Crippen LogP contribution in [0.1, 0.15) is 169 Å². The SMILES string of the molecule is C=Cc1sc(-c2cnn(C)c2C(=O)CO)nc1C.CC(C)(C)OC(=O)CC1CCn2nc(-c3ccc(F)cc3)nc2C1.CCc1sc(-c2cnn(C)c2C(=O)CO)nc1C.Cc1csc(-c2cnn(C)c2C(=O)CC2CCn3nc(-c4ccccc4)nc3C2)n1.Cc1nc(-c2cnn(C)c2C(=O)CO)sc1C.Cl.NC1CCn2nc(-c3ccc(F)cc3)nc2C1.O=C(O)C1CCn2nc(-c3ccc(F)cc3)nc2C1. The van der Waals surface area contributed by atoms with Crippen LogP contribution in [0.15, 0.2) is 140 Å². The molecule has 0 saturated carbocycles. The van der Waals surface area contributed by atoms with Gasteiger partial charge in [0.2, 0.25) is 17.3 Å². The normalized spacial score (nSPS) is 14.8. The molecule has 16 aromatic rings. The van der Waals surface area contributed by atoms with Crippen LogP contribution in [-0.4, -0.2) is 205 Å². The van der Waals surface area contributed by atoms with E-state index in [9.17, 15) is 41.9 Å². The third kappa shape index (κ3) is 26.4. The molecule has 144 heavy (non-hydrogen) atoms. The molecular formula is C100H111ClF3N25O11S4. The van der Waals surface area contributed by atoms with Gasteiger partial charge in [-0.3, -0.25) is 47.5 Å². The van der Waals surface area contributed by atoms with Crippen molar-refractivity contribution in [3.05, 3.63) is 241 Å². The predicted molar refractivity (Wildman–Crippen MR) is 542 cm³/mol. The predicted octanol–water partition coefficient (Wildman–Crippen LogP) is 15.4. The number of aromatic nitrogens is 24. The number of ether oxygens (including phenoxy) is 1. The minimum Gasteiger partial charge on any atom is -0.481 e. The summed E-state index contributed by atoms with van der Waals surface area (Å²) < 4.78 is 57.7. The molecule has 4 unspecified atom stereocenters. The number of aliphatic carboxylic acids is 1. The van der Waals surface area contributed by atoms with Crippen LogP contribution in [0.5, 0.6) is 0 Å². The van der Waals surface area contributed by atoms with Crippen molar-refractivity contribution in [1.29, 1.82) is 0 Å². The van der Waals surface area contributed by atoms with Gasteiger partial charge in [-0.2, -0.15) is 40.8 Å². The number of fused-ring (bicyclic) bond motifs is 4. The Morgan fingerprint density at radius 1 is 0.465 bits per heavy atom. The van der Waals surface area contributed by atoms with Crippen LogP contribution in [0.25, 0.3) is 93.9 Å². The molecule has 6 N–H and O–H groups in total. The summed E-state index contributed by atoms with van der Waals surface area (Å²) >= 11 is 6.09. The minimum absolute atomic E-state index is 0. The zero-order chi connectivity index (χ0) is 102. The molecule has 0 aliphatic carbocycles. The van der Waals surface area contributed by atoms with Crippen LogP contribution < -0.4 is 5.73 Å². The summed E-state index contributed by atoms with van der Waals surface area (Å²) in [7, 11) is 6.86. The van der Waals surface area contributed by atoms with Crippen molar-refractivity contribution in [3.63, 3.8) is 0 Å². The van der Waals surface area contributed by atoms with Crippen LogP contribution in [0.4, 0.5) is 13.2 Å². The molecule has 4 aromatic carbocycles. The number of carboxylic acids is 1. The van der Waals surface area contributed by atoms with Crippen molar-refractivity contribution < 1.29 is 67.1 Å². The van der Waals surface area contributed by atoms with E-state index in [1.165, 1.54) is 78.0 Å². The summed E-state index contributed by atoms with van der Waals surface area (Å²) in [6.45, 7) is 22.5. The number of nitrogens with two attached hydrogens (primary N) is 1. The van der Waals surface area contributed by atoms with Gasteiger partial charge in [-0.05, 0) is 172 Å². The van der Waals surface area contributed by atoms with E-state index >= 15 is 0 Å². The molecule has 0 saturated heterocycles. The van der Waals surface area contributed by atoms with Gasteiger partial charge in [-0.25, -0.2) is 71.8 Å². The number of carbonyl (C=O) groups excluding carboxylic acids is 5. The molecule has 0 spiro atoms. The third-order valence-corrected chi connectivity index (χ3v) is 28.4. The first-order valence-corrected chi connectivity index (χ1v) is 49.5. The first-order chi connectivity index (χ1) is 68.4. The number of nitrogens with zero attached hydrogens (tertiary/aromatic N) is 24. The molecular weight excluding hydrogens is 1950 g/mol. The highest BCUT2D eigenvalue weighted by atomic mass is 35.5. The number of aliphatic hydroxyl groups excluding tert-OH is 3. The quantitative estimate of drug-likeness (QED) is 0.0311. The summed E-state index contributed by atoms with van der Waals surface area (Å²) in [5.74, 6) is 3.29. The molecule has 0 bridgehead atoms. The maximum atomic E-state index is 13.2. The molecule has 0 radical (unpaired) electrons.